The highest BCUT2D eigenvalue weighted by Gasteiger charge is 2.42. The molecule has 0 unspecified atom stereocenters. The second-order valence-electron chi connectivity index (χ2n) is 10.3. The van der Waals surface area contributed by atoms with Crippen molar-refractivity contribution in [1.82, 2.24) is 14.9 Å². The molecule has 4 aromatic rings. The minimum atomic E-state index is -0.0586. The van der Waals surface area contributed by atoms with Crippen molar-refractivity contribution in [2.75, 3.05) is 4.90 Å². The number of benzene rings is 2. The lowest BCUT2D eigenvalue weighted by Gasteiger charge is -2.28. The fraction of sp³-hybridized carbons (Fsp3) is 0.290. The number of rotatable bonds is 5. The first-order chi connectivity index (χ1) is 17.2. The maximum atomic E-state index is 5.95. The Morgan fingerprint density at radius 3 is 2.17 bits per heavy atom. The second kappa shape index (κ2) is 9.55. The molecule has 0 spiro atoms. The van der Waals surface area contributed by atoms with Crippen LogP contribution in [0.25, 0.3) is 5.69 Å². The first-order valence-electron chi connectivity index (χ1n) is 12.6. The van der Waals surface area contributed by atoms with Crippen LogP contribution in [0.3, 0.4) is 0 Å². The van der Waals surface area contributed by atoms with Gasteiger partial charge in [-0.2, -0.15) is 0 Å². The number of aromatic nitrogens is 2. The molecule has 1 aliphatic rings. The smallest absolute Gasteiger partial charge is 0.174 e. The van der Waals surface area contributed by atoms with Gasteiger partial charge in [-0.05, 0) is 111 Å². The molecule has 0 saturated carbocycles. The first-order valence-corrected chi connectivity index (χ1v) is 13.0. The lowest BCUT2D eigenvalue weighted by Crippen LogP contribution is -2.29. The average molecular weight is 495 g/mol. The van der Waals surface area contributed by atoms with E-state index in [0.29, 0.717) is 5.92 Å². The molecule has 184 valence electrons. The average Bonchev–Trinajstić information content (AvgIpc) is 3.34. The van der Waals surface area contributed by atoms with E-state index in [0.717, 1.165) is 16.5 Å². The Bertz CT molecular complexity index is 1380. The van der Waals surface area contributed by atoms with Crippen LogP contribution >= 0.6 is 12.2 Å². The van der Waals surface area contributed by atoms with Crippen molar-refractivity contribution in [3.05, 3.63) is 112 Å². The van der Waals surface area contributed by atoms with Crippen molar-refractivity contribution in [2.24, 2.45) is 0 Å². The van der Waals surface area contributed by atoms with Crippen LogP contribution in [0.4, 0.5) is 5.69 Å². The molecule has 1 N–H and O–H groups in total. The number of hydrogen-bond donors (Lipinski definition) is 1. The molecule has 1 saturated heterocycles. The number of hydrogen-bond acceptors (Lipinski definition) is 2. The van der Waals surface area contributed by atoms with Crippen molar-refractivity contribution in [2.45, 2.75) is 59.5 Å². The van der Waals surface area contributed by atoms with E-state index in [-0.39, 0.29) is 12.1 Å². The topological polar surface area (TPSA) is 33.1 Å². The summed E-state index contributed by atoms with van der Waals surface area (Å²) in [6.45, 7) is 13.2. The summed E-state index contributed by atoms with van der Waals surface area (Å²) < 4.78 is 2.37. The van der Waals surface area contributed by atoms with Crippen LogP contribution in [-0.2, 0) is 0 Å². The molecule has 3 heterocycles. The largest absolute Gasteiger partial charge is 0.351 e. The molecule has 2 aromatic carbocycles. The molecule has 0 radical (unpaired) electrons. The van der Waals surface area contributed by atoms with Gasteiger partial charge >= 0.3 is 0 Å². The predicted molar refractivity (Wildman–Crippen MR) is 153 cm³/mol. The Morgan fingerprint density at radius 1 is 0.861 bits per heavy atom. The molecule has 2 atom stereocenters. The van der Waals surface area contributed by atoms with Gasteiger partial charge < -0.3 is 14.8 Å². The summed E-state index contributed by atoms with van der Waals surface area (Å²) in [6.07, 6.45) is 1.86. The molecular formula is C31H34N4S. The number of nitrogens with one attached hydrogen (secondary N) is 1. The van der Waals surface area contributed by atoms with Gasteiger partial charge in [-0.25, -0.2) is 0 Å². The van der Waals surface area contributed by atoms with E-state index >= 15 is 0 Å². The third kappa shape index (κ3) is 4.33. The van der Waals surface area contributed by atoms with Gasteiger partial charge in [0.05, 0.1) is 17.8 Å². The highest BCUT2D eigenvalue weighted by molar-refractivity contribution is 7.80. The summed E-state index contributed by atoms with van der Waals surface area (Å²) in [7, 11) is 0. The molecule has 0 amide bonds. The van der Waals surface area contributed by atoms with E-state index in [1.807, 2.05) is 18.3 Å². The molecule has 0 aliphatic carbocycles. The minimum Gasteiger partial charge on any atom is -0.351 e. The molecule has 4 nitrogen and oxygen atoms in total. The van der Waals surface area contributed by atoms with Crippen LogP contribution in [0.1, 0.15) is 71.2 Å². The van der Waals surface area contributed by atoms with Gasteiger partial charge in [0, 0.05) is 29.0 Å². The SMILES string of the molecule is Cc1cc(C)cc(-n2c(C)cc([C@H]3[C@H](c4ccccn4)NC(=S)N3c3ccc(C(C)C)cc3)c2C)c1. The number of thiocarbonyl (C=S) groups is 1. The monoisotopic (exact) mass is 494 g/mol. The van der Waals surface area contributed by atoms with Crippen molar-refractivity contribution in [1.29, 1.82) is 0 Å². The summed E-state index contributed by atoms with van der Waals surface area (Å²) in [5.41, 5.74) is 10.8. The maximum Gasteiger partial charge on any atom is 0.174 e. The fourth-order valence-corrected chi connectivity index (χ4v) is 5.88. The van der Waals surface area contributed by atoms with Gasteiger partial charge in [0.25, 0.3) is 0 Å². The molecule has 0 bridgehead atoms. The minimum absolute atomic E-state index is 0.0249. The van der Waals surface area contributed by atoms with Crippen LogP contribution in [0.2, 0.25) is 0 Å². The molecule has 36 heavy (non-hydrogen) atoms. The normalized spacial score (nSPS) is 17.6. The molecular weight excluding hydrogens is 460 g/mol. The molecule has 5 heteroatoms. The third-order valence-electron chi connectivity index (χ3n) is 7.19. The molecule has 1 fully saturated rings. The van der Waals surface area contributed by atoms with Gasteiger partial charge in [0.15, 0.2) is 5.11 Å². The molecule has 1 aliphatic heterocycles. The summed E-state index contributed by atoms with van der Waals surface area (Å²) >= 11 is 5.95. The maximum absolute atomic E-state index is 5.95. The highest BCUT2D eigenvalue weighted by atomic mass is 32.1. The van der Waals surface area contributed by atoms with Crippen LogP contribution in [-0.4, -0.2) is 14.7 Å². The number of pyridine rings is 1. The van der Waals surface area contributed by atoms with E-state index < -0.39 is 0 Å². The first kappa shape index (κ1) is 24.3. The van der Waals surface area contributed by atoms with Gasteiger partial charge in [-0.1, -0.05) is 38.1 Å². The summed E-state index contributed by atoms with van der Waals surface area (Å²) in [4.78, 5) is 6.99. The predicted octanol–water partition coefficient (Wildman–Crippen LogP) is 7.41. The standard InChI is InChI=1S/C31H34N4S/c1-19(2)24-10-12-25(13-11-24)35-30(29(33-31(35)36)28-9-7-8-14-32-28)27-18-22(5)34(23(27)6)26-16-20(3)15-21(4)17-26/h7-19,29-30H,1-6H3,(H,33,36)/t29-,30-/m0/s1. The Kier molecular flexibility index (Phi) is 6.44. The number of nitrogens with zero attached hydrogens (tertiary/aromatic N) is 3. The third-order valence-corrected chi connectivity index (χ3v) is 7.50. The number of anilines is 1. The number of aryl methyl sites for hydroxylation is 3. The quantitative estimate of drug-likeness (QED) is 0.293. The van der Waals surface area contributed by atoms with Crippen LogP contribution in [0, 0.1) is 27.7 Å². The zero-order valence-corrected chi connectivity index (χ0v) is 22.7. The van der Waals surface area contributed by atoms with Crippen molar-refractivity contribution in [3.8, 4) is 5.69 Å². The second-order valence-corrected chi connectivity index (χ2v) is 10.6. The van der Waals surface area contributed by atoms with Crippen LogP contribution < -0.4 is 10.2 Å². The van der Waals surface area contributed by atoms with Gasteiger partial charge in [-0.15, -0.1) is 0 Å². The summed E-state index contributed by atoms with van der Waals surface area (Å²) in [6, 6.07) is 23.9. The van der Waals surface area contributed by atoms with Gasteiger partial charge in [-0.3, -0.25) is 4.98 Å². The van der Waals surface area contributed by atoms with Crippen molar-refractivity contribution >= 4 is 23.0 Å². The Morgan fingerprint density at radius 2 is 1.56 bits per heavy atom. The fourth-order valence-electron chi connectivity index (χ4n) is 5.53. The molecule has 2 aromatic heterocycles. The van der Waals surface area contributed by atoms with Crippen LogP contribution in [0.5, 0.6) is 0 Å². The zero-order chi connectivity index (χ0) is 25.6. The highest BCUT2D eigenvalue weighted by Crippen LogP contribution is 2.44. The van der Waals surface area contributed by atoms with E-state index in [1.54, 1.807) is 0 Å². The van der Waals surface area contributed by atoms with E-state index in [4.69, 9.17) is 17.2 Å². The van der Waals surface area contributed by atoms with E-state index in [2.05, 4.69) is 111 Å². The van der Waals surface area contributed by atoms with Gasteiger partial charge in [0.1, 0.15) is 0 Å². The Labute approximate surface area is 220 Å². The van der Waals surface area contributed by atoms with Crippen molar-refractivity contribution < 1.29 is 0 Å². The summed E-state index contributed by atoms with van der Waals surface area (Å²) in [5, 5.41) is 4.33. The Hall–Kier alpha value is -3.44. The van der Waals surface area contributed by atoms with Crippen LogP contribution in [0.15, 0.2) is 72.9 Å². The Balaban J connectivity index is 1.67. The lowest BCUT2D eigenvalue weighted by atomic mass is 9.96. The van der Waals surface area contributed by atoms with E-state index in [9.17, 15) is 0 Å². The summed E-state index contributed by atoms with van der Waals surface area (Å²) in [5.74, 6) is 0.483. The van der Waals surface area contributed by atoms with Crippen molar-refractivity contribution in [3.63, 3.8) is 0 Å². The lowest BCUT2D eigenvalue weighted by molar-refractivity contribution is 0.565. The zero-order valence-electron chi connectivity index (χ0n) is 21.9. The molecule has 5 rings (SSSR count). The van der Waals surface area contributed by atoms with E-state index in [1.165, 1.54) is 39.3 Å². The van der Waals surface area contributed by atoms with Gasteiger partial charge in [0.2, 0.25) is 0 Å².